The minimum atomic E-state index is -0.549. The molecule has 1 atom stereocenters. The summed E-state index contributed by atoms with van der Waals surface area (Å²) in [5.74, 6) is 0. The van der Waals surface area contributed by atoms with Crippen LogP contribution in [-0.4, -0.2) is 22.8 Å². The molecule has 1 aromatic rings. The molecule has 0 saturated carbocycles. The van der Waals surface area contributed by atoms with Gasteiger partial charge in [-0.3, -0.25) is 4.90 Å². The van der Waals surface area contributed by atoms with Crippen molar-refractivity contribution in [3.05, 3.63) is 48.6 Å². The van der Waals surface area contributed by atoms with Crippen molar-refractivity contribution in [1.29, 1.82) is 0 Å². The van der Waals surface area contributed by atoms with Crippen molar-refractivity contribution in [3.8, 4) is 0 Å². The fraction of sp³-hybridized carbons (Fsp3) is 0.429. The van der Waals surface area contributed by atoms with E-state index in [1.807, 2.05) is 23.1 Å². The zero-order chi connectivity index (χ0) is 11.8. The Balaban J connectivity index is 2.59. The van der Waals surface area contributed by atoms with Gasteiger partial charge < -0.3 is 5.11 Å². The lowest BCUT2D eigenvalue weighted by molar-refractivity contribution is 0.0347. The van der Waals surface area contributed by atoms with E-state index in [9.17, 15) is 5.11 Å². The van der Waals surface area contributed by atoms with Crippen LogP contribution in [-0.2, 0) is 6.54 Å². The summed E-state index contributed by atoms with van der Waals surface area (Å²) in [6.07, 6.45) is 3.26. The summed E-state index contributed by atoms with van der Waals surface area (Å²) in [5, 5.41) is 9.81. The number of rotatable bonds is 7. The first kappa shape index (κ1) is 12.9. The van der Waals surface area contributed by atoms with Crippen molar-refractivity contribution < 1.29 is 5.11 Å². The Labute approximate surface area is 98.2 Å². The summed E-state index contributed by atoms with van der Waals surface area (Å²) in [7, 11) is 0. The molecule has 0 spiro atoms. The maximum absolute atomic E-state index is 9.81. The van der Waals surface area contributed by atoms with Crippen molar-refractivity contribution in [1.82, 2.24) is 4.90 Å². The molecule has 1 N–H and O–H groups in total. The van der Waals surface area contributed by atoms with Crippen molar-refractivity contribution >= 4 is 0 Å². The largest absolute Gasteiger partial charge is 0.375 e. The molecule has 0 amide bonds. The SMILES string of the molecule is C=CC(O)N(CCCC)Cc1ccccc1. The molecule has 0 radical (unpaired) electrons. The normalized spacial score (nSPS) is 12.7. The molecule has 16 heavy (non-hydrogen) atoms. The predicted molar refractivity (Wildman–Crippen MR) is 68.0 cm³/mol. The summed E-state index contributed by atoms with van der Waals surface area (Å²) < 4.78 is 0. The first-order valence-corrected chi connectivity index (χ1v) is 5.86. The Kier molecular flexibility index (Phi) is 5.83. The Morgan fingerprint density at radius 3 is 2.62 bits per heavy atom. The maximum atomic E-state index is 9.81. The quantitative estimate of drug-likeness (QED) is 0.563. The van der Waals surface area contributed by atoms with E-state index in [0.29, 0.717) is 0 Å². The van der Waals surface area contributed by atoms with Crippen LogP contribution in [0.15, 0.2) is 43.0 Å². The summed E-state index contributed by atoms with van der Waals surface area (Å²) in [6, 6.07) is 10.2. The van der Waals surface area contributed by atoms with E-state index in [2.05, 4.69) is 25.6 Å². The first-order chi connectivity index (χ1) is 7.77. The predicted octanol–water partition coefficient (Wildman–Crippen LogP) is 2.79. The van der Waals surface area contributed by atoms with Crippen LogP contribution in [0.3, 0.4) is 0 Å². The van der Waals surface area contributed by atoms with E-state index in [-0.39, 0.29) is 0 Å². The zero-order valence-corrected chi connectivity index (χ0v) is 9.97. The number of nitrogens with zero attached hydrogens (tertiary/aromatic N) is 1. The minimum absolute atomic E-state index is 0.549. The molecule has 0 aliphatic heterocycles. The van der Waals surface area contributed by atoms with Crippen molar-refractivity contribution in [2.24, 2.45) is 0 Å². The van der Waals surface area contributed by atoms with Gasteiger partial charge in [0.2, 0.25) is 0 Å². The number of unbranched alkanes of at least 4 members (excludes halogenated alkanes) is 1. The number of benzene rings is 1. The molecule has 2 nitrogen and oxygen atoms in total. The number of aliphatic hydroxyl groups excluding tert-OH is 1. The number of aliphatic hydroxyl groups is 1. The van der Waals surface area contributed by atoms with Crippen molar-refractivity contribution in [3.63, 3.8) is 0 Å². The first-order valence-electron chi connectivity index (χ1n) is 5.86. The van der Waals surface area contributed by atoms with Gasteiger partial charge in [-0.05, 0) is 18.1 Å². The van der Waals surface area contributed by atoms with E-state index in [4.69, 9.17) is 0 Å². The van der Waals surface area contributed by atoms with Crippen molar-refractivity contribution in [2.45, 2.75) is 32.5 Å². The molecule has 0 aromatic heterocycles. The van der Waals surface area contributed by atoms with E-state index in [1.54, 1.807) is 6.08 Å². The van der Waals surface area contributed by atoms with Gasteiger partial charge in [0.05, 0.1) is 0 Å². The molecule has 88 valence electrons. The van der Waals surface area contributed by atoms with Gasteiger partial charge in [0.25, 0.3) is 0 Å². The third-order valence-electron chi connectivity index (χ3n) is 2.61. The maximum Gasteiger partial charge on any atom is 0.126 e. The Bertz CT molecular complexity index is 297. The van der Waals surface area contributed by atoms with E-state index < -0.39 is 6.23 Å². The molecule has 0 aliphatic rings. The smallest absolute Gasteiger partial charge is 0.126 e. The summed E-state index contributed by atoms with van der Waals surface area (Å²) >= 11 is 0. The Morgan fingerprint density at radius 1 is 1.38 bits per heavy atom. The van der Waals surface area contributed by atoms with E-state index >= 15 is 0 Å². The highest BCUT2D eigenvalue weighted by Gasteiger charge is 2.11. The number of hydrogen-bond donors (Lipinski definition) is 1. The molecule has 0 aliphatic carbocycles. The second kappa shape index (κ2) is 7.20. The lowest BCUT2D eigenvalue weighted by atomic mass is 10.2. The highest BCUT2D eigenvalue weighted by Crippen LogP contribution is 2.09. The summed E-state index contributed by atoms with van der Waals surface area (Å²) in [4.78, 5) is 2.03. The van der Waals surface area contributed by atoms with Gasteiger partial charge in [0, 0.05) is 13.1 Å². The van der Waals surface area contributed by atoms with Crippen LogP contribution < -0.4 is 0 Å². The van der Waals surface area contributed by atoms with Crippen molar-refractivity contribution in [2.75, 3.05) is 6.54 Å². The van der Waals surface area contributed by atoms with Crippen LogP contribution in [0.4, 0.5) is 0 Å². The fourth-order valence-corrected chi connectivity index (χ4v) is 1.63. The molecule has 0 fully saturated rings. The van der Waals surface area contributed by atoms with Crippen LogP contribution in [0.25, 0.3) is 0 Å². The second-order valence-corrected chi connectivity index (χ2v) is 3.96. The van der Waals surface area contributed by atoms with Gasteiger partial charge in [-0.1, -0.05) is 50.3 Å². The summed E-state index contributed by atoms with van der Waals surface area (Å²) in [6.45, 7) is 7.47. The van der Waals surface area contributed by atoms with Crippen LogP contribution >= 0.6 is 0 Å². The zero-order valence-electron chi connectivity index (χ0n) is 9.97. The summed E-state index contributed by atoms with van der Waals surface area (Å²) in [5.41, 5.74) is 1.22. The van der Waals surface area contributed by atoms with E-state index in [0.717, 1.165) is 25.9 Å². The van der Waals surface area contributed by atoms with Gasteiger partial charge in [-0.2, -0.15) is 0 Å². The van der Waals surface area contributed by atoms with Crippen LogP contribution in [0.5, 0.6) is 0 Å². The third-order valence-corrected chi connectivity index (χ3v) is 2.61. The van der Waals surface area contributed by atoms with Gasteiger partial charge in [-0.25, -0.2) is 0 Å². The monoisotopic (exact) mass is 219 g/mol. The molecule has 2 heteroatoms. The van der Waals surface area contributed by atoms with Gasteiger partial charge in [0.1, 0.15) is 6.23 Å². The standard InChI is InChI=1S/C14H21NO/c1-3-5-11-15(14(16)4-2)12-13-9-7-6-8-10-13/h4,6-10,14,16H,2-3,5,11-12H2,1H3. The molecule has 0 bridgehead atoms. The molecule has 1 aromatic carbocycles. The molecular weight excluding hydrogens is 198 g/mol. The topological polar surface area (TPSA) is 23.5 Å². The molecule has 0 saturated heterocycles. The molecular formula is C14H21NO. The Morgan fingerprint density at radius 2 is 2.06 bits per heavy atom. The highest BCUT2D eigenvalue weighted by molar-refractivity contribution is 5.14. The van der Waals surface area contributed by atoms with Gasteiger partial charge in [0.15, 0.2) is 0 Å². The highest BCUT2D eigenvalue weighted by atomic mass is 16.3. The fourth-order valence-electron chi connectivity index (χ4n) is 1.63. The average molecular weight is 219 g/mol. The lowest BCUT2D eigenvalue weighted by Crippen LogP contribution is -2.33. The van der Waals surface area contributed by atoms with Gasteiger partial charge >= 0.3 is 0 Å². The van der Waals surface area contributed by atoms with E-state index in [1.165, 1.54) is 5.56 Å². The Hall–Kier alpha value is -1.12. The minimum Gasteiger partial charge on any atom is -0.375 e. The van der Waals surface area contributed by atoms with Gasteiger partial charge in [-0.15, -0.1) is 0 Å². The molecule has 0 heterocycles. The van der Waals surface area contributed by atoms with Crippen LogP contribution in [0.2, 0.25) is 0 Å². The molecule has 1 rings (SSSR count). The van der Waals surface area contributed by atoms with Crippen LogP contribution in [0.1, 0.15) is 25.3 Å². The number of hydrogen-bond acceptors (Lipinski definition) is 2. The lowest BCUT2D eigenvalue weighted by Gasteiger charge is -2.25. The molecule has 1 unspecified atom stereocenters. The second-order valence-electron chi connectivity index (χ2n) is 3.96. The third kappa shape index (κ3) is 4.17. The average Bonchev–Trinajstić information content (AvgIpc) is 2.34. The van der Waals surface area contributed by atoms with Crippen LogP contribution in [0, 0.1) is 0 Å².